The van der Waals surface area contributed by atoms with E-state index in [9.17, 15) is 4.79 Å². The van der Waals surface area contributed by atoms with Crippen molar-refractivity contribution in [2.24, 2.45) is 0 Å². The van der Waals surface area contributed by atoms with Gasteiger partial charge in [0.15, 0.2) is 0 Å². The summed E-state index contributed by atoms with van der Waals surface area (Å²) in [5, 5.41) is 3.08. The summed E-state index contributed by atoms with van der Waals surface area (Å²) in [5.74, 6) is 0.149. The Morgan fingerprint density at radius 1 is 1.12 bits per heavy atom. The highest BCUT2D eigenvalue weighted by atomic mass is 16.2. The van der Waals surface area contributed by atoms with Gasteiger partial charge < -0.3 is 5.32 Å². The van der Waals surface area contributed by atoms with Crippen LogP contribution in [0.5, 0.6) is 0 Å². The third-order valence-electron chi connectivity index (χ3n) is 4.49. The number of hydrogen-bond donors (Lipinski definition) is 1. The molecule has 1 aliphatic rings. The first-order chi connectivity index (χ1) is 7.76. The smallest absolute Gasteiger partial charge is 0.221 e. The molecule has 1 aliphatic heterocycles. The molecule has 2 heteroatoms. The lowest BCUT2D eigenvalue weighted by Crippen LogP contribution is -2.48. The lowest BCUT2D eigenvalue weighted by atomic mass is 9.68. The summed E-state index contributed by atoms with van der Waals surface area (Å²) in [5.41, 5.74) is 3.53. The molecule has 1 aromatic rings. The van der Waals surface area contributed by atoms with E-state index in [1.54, 1.807) is 0 Å². The Labute approximate surface area is 103 Å². The van der Waals surface area contributed by atoms with Crippen molar-refractivity contribution in [3.05, 3.63) is 34.9 Å². The summed E-state index contributed by atoms with van der Waals surface area (Å²) in [4.78, 5) is 11.7. The molecule has 0 aliphatic carbocycles. The van der Waals surface area contributed by atoms with Crippen LogP contribution in [-0.2, 0) is 10.2 Å². The molecule has 0 aromatic heterocycles. The van der Waals surface area contributed by atoms with E-state index in [1.807, 2.05) is 0 Å². The number of nitrogens with one attached hydrogen (secondary N) is 1. The average molecular weight is 231 g/mol. The van der Waals surface area contributed by atoms with E-state index in [2.05, 4.69) is 58.1 Å². The van der Waals surface area contributed by atoms with Crippen molar-refractivity contribution >= 4 is 5.91 Å². The molecule has 0 bridgehead atoms. The predicted molar refractivity (Wildman–Crippen MR) is 70.1 cm³/mol. The van der Waals surface area contributed by atoms with Crippen LogP contribution in [0, 0.1) is 13.8 Å². The molecule has 1 unspecified atom stereocenters. The van der Waals surface area contributed by atoms with Crippen LogP contribution >= 0.6 is 0 Å². The Hall–Kier alpha value is -1.31. The molecule has 0 spiro atoms. The van der Waals surface area contributed by atoms with Crippen molar-refractivity contribution in [2.45, 2.75) is 52.0 Å². The fourth-order valence-corrected chi connectivity index (χ4v) is 2.62. The number of carbonyl (C=O) groups excluding carboxylic acids is 1. The number of rotatable bonds is 1. The van der Waals surface area contributed by atoms with E-state index in [0.29, 0.717) is 6.42 Å². The molecule has 1 amide bonds. The van der Waals surface area contributed by atoms with Crippen molar-refractivity contribution in [3.8, 4) is 0 Å². The van der Waals surface area contributed by atoms with Crippen LogP contribution in [0.15, 0.2) is 18.2 Å². The van der Waals surface area contributed by atoms with Gasteiger partial charge in [0, 0.05) is 17.4 Å². The van der Waals surface area contributed by atoms with Crippen molar-refractivity contribution in [2.75, 3.05) is 0 Å². The second-order valence-electron chi connectivity index (χ2n) is 5.98. The summed E-state index contributed by atoms with van der Waals surface area (Å²) < 4.78 is 0. The van der Waals surface area contributed by atoms with E-state index >= 15 is 0 Å². The van der Waals surface area contributed by atoms with Crippen molar-refractivity contribution in [1.82, 2.24) is 5.32 Å². The van der Waals surface area contributed by atoms with Gasteiger partial charge in [0.1, 0.15) is 0 Å². The normalized spacial score (nSPS) is 27.0. The van der Waals surface area contributed by atoms with Gasteiger partial charge in [-0.15, -0.1) is 0 Å². The molecular weight excluding hydrogens is 210 g/mol. The fraction of sp³-hybridized carbons (Fsp3) is 0.533. The van der Waals surface area contributed by atoms with Gasteiger partial charge in [-0.05, 0) is 44.4 Å². The maximum Gasteiger partial charge on any atom is 0.221 e. The molecule has 1 N–H and O–H groups in total. The standard InChI is InChI=1S/C15H21NO/c1-10-6-7-12(8-11(10)2)15(5)9-13(17)16-14(15,3)4/h6-8H,9H2,1-5H3,(H,16,17). The van der Waals surface area contributed by atoms with E-state index in [-0.39, 0.29) is 16.9 Å². The Morgan fingerprint density at radius 2 is 1.76 bits per heavy atom. The molecule has 1 aromatic carbocycles. The SMILES string of the molecule is Cc1ccc(C2(C)CC(=O)NC2(C)C)cc1C. The van der Waals surface area contributed by atoms with Crippen LogP contribution in [-0.4, -0.2) is 11.4 Å². The summed E-state index contributed by atoms with van der Waals surface area (Å²) in [7, 11) is 0. The number of amides is 1. The van der Waals surface area contributed by atoms with E-state index in [0.717, 1.165) is 0 Å². The van der Waals surface area contributed by atoms with Gasteiger partial charge in [-0.2, -0.15) is 0 Å². The molecule has 2 rings (SSSR count). The monoisotopic (exact) mass is 231 g/mol. The number of benzene rings is 1. The number of hydrogen-bond acceptors (Lipinski definition) is 1. The second kappa shape index (κ2) is 3.59. The van der Waals surface area contributed by atoms with Crippen molar-refractivity contribution in [1.29, 1.82) is 0 Å². The third-order valence-corrected chi connectivity index (χ3v) is 4.49. The zero-order chi connectivity index (χ0) is 12.8. The quantitative estimate of drug-likeness (QED) is 0.791. The number of carbonyl (C=O) groups is 1. The van der Waals surface area contributed by atoms with Crippen molar-refractivity contribution < 1.29 is 4.79 Å². The topological polar surface area (TPSA) is 29.1 Å². The van der Waals surface area contributed by atoms with E-state index < -0.39 is 0 Å². The summed E-state index contributed by atoms with van der Waals surface area (Å²) in [6, 6.07) is 6.52. The van der Waals surface area contributed by atoms with Crippen molar-refractivity contribution in [3.63, 3.8) is 0 Å². The van der Waals surface area contributed by atoms with Gasteiger partial charge in [-0.3, -0.25) is 4.79 Å². The minimum Gasteiger partial charge on any atom is -0.350 e. The molecular formula is C15H21NO. The maximum atomic E-state index is 11.7. The summed E-state index contributed by atoms with van der Waals surface area (Å²) in [6.07, 6.45) is 0.572. The zero-order valence-electron chi connectivity index (χ0n) is 11.3. The highest BCUT2D eigenvalue weighted by Gasteiger charge is 2.50. The molecule has 17 heavy (non-hydrogen) atoms. The first-order valence-electron chi connectivity index (χ1n) is 6.15. The van der Waals surface area contributed by atoms with Crippen LogP contribution in [0.4, 0.5) is 0 Å². The highest BCUT2D eigenvalue weighted by Crippen LogP contribution is 2.42. The molecule has 0 saturated carbocycles. The van der Waals surface area contributed by atoms with Crippen LogP contribution in [0.3, 0.4) is 0 Å². The zero-order valence-corrected chi connectivity index (χ0v) is 11.3. The fourth-order valence-electron chi connectivity index (χ4n) is 2.62. The van der Waals surface area contributed by atoms with Crippen LogP contribution in [0.1, 0.15) is 43.9 Å². The van der Waals surface area contributed by atoms with Gasteiger partial charge >= 0.3 is 0 Å². The third kappa shape index (κ3) is 1.76. The Kier molecular flexibility index (Phi) is 2.57. The predicted octanol–water partition coefficient (Wildman–Crippen LogP) is 2.86. The second-order valence-corrected chi connectivity index (χ2v) is 5.98. The lowest BCUT2D eigenvalue weighted by molar-refractivity contribution is -0.119. The largest absolute Gasteiger partial charge is 0.350 e. The van der Waals surface area contributed by atoms with Gasteiger partial charge in [0.2, 0.25) is 5.91 Å². The molecule has 2 nitrogen and oxygen atoms in total. The molecule has 1 atom stereocenters. The highest BCUT2D eigenvalue weighted by molar-refractivity contribution is 5.82. The van der Waals surface area contributed by atoms with Crippen LogP contribution in [0.25, 0.3) is 0 Å². The maximum absolute atomic E-state index is 11.7. The van der Waals surface area contributed by atoms with E-state index in [4.69, 9.17) is 0 Å². The summed E-state index contributed by atoms with van der Waals surface area (Å²) >= 11 is 0. The molecule has 1 saturated heterocycles. The number of aryl methyl sites for hydroxylation is 2. The van der Waals surface area contributed by atoms with Crippen LogP contribution in [0.2, 0.25) is 0 Å². The Morgan fingerprint density at radius 3 is 2.24 bits per heavy atom. The Balaban J connectivity index is 2.51. The minimum absolute atomic E-state index is 0.122. The molecule has 1 heterocycles. The lowest BCUT2D eigenvalue weighted by Gasteiger charge is -2.38. The Bertz CT molecular complexity index is 476. The first-order valence-corrected chi connectivity index (χ1v) is 6.15. The minimum atomic E-state index is -0.189. The van der Waals surface area contributed by atoms with Crippen LogP contribution < -0.4 is 5.32 Å². The molecule has 1 fully saturated rings. The van der Waals surface area contributed by atoms with Gasteiger partial charge in [-0.25, -0.2) is 0 Å². The molecule has 92 valence electrons. The van der Waals surface area contributed by atoms with Gasteiger partial charge in [-0.1, -0.05) is 25.1 Å². The average Bonchev–Trinajstić information content (AvgIpc) is 2.40. The first kappa shape index (κ1) is 12.2. The molecule has 0 radical (unpaired) electrons. The van der Waals surface area contributed by atoms with Gasteiger partial charge in [0.25, 0.3) is 0 Å². The van der Waals surface area contributed by atoms with E-state index in [1.165, 1.54) is 16.7 Å². The van der Waals surface area contributed by atoms with Gasteiger partial charge in [0.05, 0.1) is 0 Å². The summed E-state index contributed by atoms with van der Waals surface area (Å²) in [6.45, 7) is 10.6.